The van der Waals surface area contributed by atoms with Crippen molar-refractivity contribution in [2.24, 2.45) is 0 Å². The van der Waals surface area contributed by atoms with Crippen molar-refractivity contribution < 1.29 is 14.1 Å². The Bertz CT molecular complexity index is 1060. The van der Waals surface area contributed by atoms with E-state index in [-0.39, 0.29) is 17.6 Å². The molecule has 2 aromatic heterocycles. The zero-order valence-electron chi connectivity index (χ0n) is 17.8. The minimum Gasteiger partial charge on any atom is -0.360 e. The SMILES string of the molecule is Cc1cc(NC(=O)C(C)SCC(=O)N2CCN(c3nnnn3-c3ccccc3)CC2)no1. The summed E-state index contributed by atoms with van der Waals surface area (Å²) in [7, 11) is 0. The molecule has 0 saturated carbocycles. The molecule has 1 unspecified atom stereocenters. The molecule has 11 nitrogen and oxygen atoms in total. The van der Waals surface area contributed by atoms with Crippen LogP contribution in [0.1, 0.15) is 12.7 Å². The highest BCUT2D eigenvalue weighted by Crippen LogP contribution is 2.19. The maximum Gasteiger partial charge on any atom is 0.250 e. The first-order valence-corrected chi connectivity index (χ1v) is 11.3. The number of tetrazole rings is 1. The second-order valence-electron chi connectivity index (χ2n) is 7.36. The summed E-state index contributed by atoms with van der Waals surface area (Å²) >= 11 is 1.30. The Balaban J connectivity index is 1.25. The highest BCUT2D eigenvalue weighted by molar-refractivity contribution is 8.01. The maximum atomic E-state index is 12.7. The number of piperazine rings is 1. The number of para-hydroxylation sites is 1. The fraction of sp³-hybridized carbons (Fsp3) is 0.400. The number of rotatable bonds is 7. The molecule has 3 heterocycles. The summed E-state index contributed by atoms with van der Waals surface area (Å²) in [6.45, 7) is 5.92. The van der Waals surface area contributed by atoms with Gasteiger partial charge in [-0.25, -0.2) is 0 Å². The van der Waals surface area contributed by atoms with E-state index < -0.39 is 5.25 Å². The molecule has 12 heteroatoms. The van der Waals surface area contributed by atoms with Crippen molar-refractivity contribution in [2.45, 2.75) is 19.1 Å². The molecule has 168 valence electrons. The number of thioether (sulfide) groups is 1. The monoisotopic (exact) mass is 456 g/mol. The Hall–Kier alpha value is -3.41. The molecular formula is C20H24N8O3S. The molecule has 2 amide bonds. The first-order chi connectivity index (χ1) is 15.5. The molecule has 1 aromatic carbocycles. The number of carbonyl (C=O) groups is 2. The number of hydrogen-bond donors (Lipinski definition) is 1. The fourth-order valence-electron chi connectivity index (χ4n) is 3.29. The number of nitrogens with zero attached hydrogens (tertiary/aromatic N) is 7. The summed E-state index contributed by atoms with van der Waals surface area (Å²) < 4.78 is 6.64. The van der Waals surface area contributed by atoms with Gasteiger partial charge in [-0.15, -0.1) is 11.8 Å². The average molecular weight is 457 g/mol. The van der Waals surface area contributed by atoms with E-state index in [4.69, 9.17) is 4.52 Å². The quantitative estimate of drug-likeness (QED) is 0.561. The zero-order valence-corrected chi connectivity index (χ0v) is 18.7. The molecule has 1 aliphatic rings. The number of benzene rings is 1. The summed E-state index contributed by atoms with van der Waals surface area (Å²) in [5.41, 5.74) is 0.885. The van der Waals surface area contributed by atoms with E-state index >= 15 is 0 Å². The highest BCUT2D eigenvalue weighted by atomic mass is 32.2. The summed E-state index contributed by atoms with van der Waals surface area (Å²) in [5, 5.41) is 18.1. The van der Waals surface area contributed by atoms with Gasteiger partial charge in [-0.3, -0.25) is 9.59 Å². The Morgan fingerprint density at radius 1 is 1.19 bits per heavy atom. The van der Waals surface area contributed by atoms with Gasteiger partial charge in [0.25, 0.3) is 0 Å². The van der Waals surface area contributed by atoms with Crippen molar-refractivity contribution in [1.29, 1.82) is 0 Å². The van der Waals surface area contributed by atoms with Gasteiger partial charge in [0, 0.05) is 32.2 Å². The molecule has 1 saturated heterocycles. The summed E-state index contributed by atoms with van der Waals surface area (Å²) in [6, 6.07) is 11.3. The van der Waals surface area contributed by atoms with Gasteiger partial charge in [0.15, 0.2) is 5.82 Å². The molecule has 32 heavy (non-hydrogen) atoms. The minimum atomic E-state index is -0.396. The van der Waals surface area contributed by atoms with Gasteiger partial charge in [0.05, 0.1) is 16.7 Å². The standard InChI is InChI=1S/C20H24N8O3S/c1-14-12-17(23-31-14)21-19(30)15(2)32-13-18(29)26-8-10-27(11-9-26)20-22-24-25-28(20)16-6-4-3-5-7-16/h3-7,12,15H,8-11,13H2,1-2H3,(H,21,23,30). The summed E-state index contributed by atoms with van der Waals surface area (Å²) in [5.74, 6) is 1.68. The van der Waals surface area contributed by atoms with Gasteiger partial charge >= 0.3 is 0 Å². The topological polar surface area (TPSA) is 122 Å². The van der Waals surface area contributed by atoms with Crippen LogP contribution in [0.4, 0.5) is 11.8 Å². The van der Waals surface area contributed by atoms with Crippen molar-refractivity contribution in [3.8, 4) is 5.69 Å². The second kappa shape index (κ2) is 9.81. The molecule has 1 atom stereocenters. The minimum absolute atomic E-state index is 0.00855. The van der Waals surface area contributed by atoms with Crippen LogP contribution in [-0.4, -0.2) is 79.3 Å². The van der Waals surface area contributed by atoms with E-state index in [1.807, 2.05) is 35.2 Å². The molecule has 0 spiro atoms. The van der Waals surface area contributed by atoms with E-state index in [0.29, 0.717) is 43.7 Å². The number of nitrogens with one attached hydrogen (secondary N) is 1. The van der Waals surface area contributed by atoms with E-state index in [1.165, 1.54) is 11.8 Å². The molecule has 0 radical (unpaired) electrons. The van der Waals surface area contributed by atoms with Gasteiger partial charge in [-0.2, -0.15) is 4.68 Å². The van der Waals surface area contributed by atoms with Crippen LogP contribution in [0, 0.1) is 6.92 Å². The van der Waals surface area contributed by atoms with E-state index in [2.05, 4.69) is 30.9 Å². The lowest BCUT2D eigenvalue weighted by Gasteiger charge is -2.34. The molecule has 1 aliphatic heterocycles. The Kier molecular flexibility index (Phi) is 6.69. The van der Waals surface area contributed by atoms with E-state index in [1.54, 1.807) is 24.6 Å². The van der Waals surface area contributed by atoms with Crippen LogP contribution in [0.3, 0.4) is 0 Å². The fourth-order valence-corrected chi connectivity index (χ4v) is 4.07. The van der Waals surface area contributed by atoms with Crippen LogP contribution in [0.5, 0.6) is 0 Å². The number of aromatic nitrogens is 5. The van der Waals surface area contributed by atoms with Crippen molar-refractivity contribution in [3.63, 3.8) is 0 Å². The lowest BCUT2D eigenvalue weighted by Crippen LogP contribution is -2.50. The molecule has 3 aromatic rings. The van der Waals surface area contributed by atoms with Gasteiger partial charge < -0.3 is 19.6 Å². The third-order valence-electron chi connectivity index (χ3n) is 5.07. The summed E-state index contributed by atoms with van der Waals surface area (Å²) in [4.78, 5) is 28.8. The predicted octanol–water partition coefficient (Wildman–Crippen LogP) is 1.37. The van der Waals surface area contributed by atoms with Crippen molar-refractivity contribution in [2.75, 3.05) is 42.1 Å². The largest absolute Gasteiger partial charge is 0.360 e. The van der Waals surface area contributed by atoms with Crippen LogP contribution in [-0.2, 0) is 9.59 Å². The Morgan fingerprint density at radius 2 is 1.94 bits per heavy atom. The van der Waals surface area contributed by atoms with Gasteiger partial charge in [-0.05, 0) is 36.4 Å². The third kappa shape index (κ3) is 5.07. The zero-order chi connectivity index (χ0) is 22.5. The van der Waals surface area contributed by atoms with Crippen LogP contribution in [0.25, 0.3) is 5.69 Å². The third-order valence-corrected chi connectivity index (χ3v) is 6.20. The van der Waals surface area contributed by atoms with Crippen LogP contribution in [0.2, 0.25) is 0 Å². The normalized spacial score (nSPS) is 14.9. The van der Waals surface area contributed by atoms with Crippen LogP contribution < -0.4 is 10.2 Å². The average Bonchev–Trinajstić information content (AvgIpc) is 3.47. The molecule has 1 fully saturated rings. The first-order valence-electron chi connectivity index (χ1n) is 10.2. The molecule has 0 aliphatic carbocycles. The van der Waals surface area contributed by atoms with Crippen LogP contribution >= 0.6 is 11.8 Å². The van der Waals surface area contributed by atoms with Gasteiger partial charge in [-0.1, -0.05) is 28.5 Å². The predicted molar refractivity (Wildman–Crippen MR) is 120 cm³/mol. The molecule has 0 bridgehead atoms. The number of carbonyl (C=O) groups excluding carboxylic acids is 2. The lowest BCUT2D eigenvalue weighted by molar-refractivity contribution is -0.128. The van der Waals surface area contributed by atoms with E-state index in [9.17, 15) is 9.59 Å². The van der Waals surface area contributed by atoms with Gasteiger partial charge in [0.2, 0.25) is 17.8 Å². The first kappa shape index (κ1) is 21.8. The van der Waals surface area contributed by atoms with Crippen molar-refractivity contribution >= 4 is 35.3 Å². The maximum absolute atomic E-state index is 12.7. The van der Waals surface area contributed by atoms with Crippen molar-refractivity contribution in [1.82, 2.24) is 30.3 Å². The highest BCUT2D eigenvalue weighted by Gasteiger charge is 2.26. The van der Waals surface area contributed by atoms with Crippen molar-refractivity contribution in [3.05, 3.63) is 42.2 Å². The lowest BCUT2D eigenvalue weighted by atomic mass is 10.3. The Morgan fingerprint density at radius 3 is 2.62 bits per heavy atom. The smallest absolute Gasteiger partial charge is 0.250 e. The van der Waals surface area contributed by atoms with E-state index in [0.717, 1.165) is 5.69 Å². The number of hydrogen-bond acceptors (Lipinski definition) is 9. The molecular weight excluding hydrogens is 432 g/mol. The molecule has 1 N–H and O–H groups in total. The molecule has 4 rings (SSSR count). The summed E-state index contributed by atoms with van der Waals surface area (Å²) in [6.07, 6.45) is 0. The van der Waals surface area contributed by atoms with Crippen LogP contribution in [0.15, 0.2) is 40.9 Å². The number of aryl methyl sites for hydroxylation is 1. The Labute approximate surface area is 189 Å². The number of amides is 2. The number of anilines is 2. The second-order valence-corrected chi connectivity index (χ2v) is 8.69. The van der Waals surface area contributed by atoms with Gasteiger partial charge in [0.1, 0.15) is 5.76 Å².